The summed E-state index contributed by atoms with van der Waals surface area (Å²) >= 11 is 0. The van der Waals surface area contributed by atoms with Crippen LogP contribution in [0.25, 0.3) is 0 Å². The van der Waals surface area contributed by atoms with Crippen LogP contribution in [0.2, 0.25) is 0 Å². The first-order valence-electron chi connectivity index (χ1n) is 4.22. The third-order valence-corrected chi connectivity index (χ3v) is 1.14. The predicted molar refractivity (Wildman–Crippen MR) is 53.5 cm³/mol. The van der Waals surface area contributed by atoms with Gasteiger partial charge in [0.1, 0.15) is 5.75 Å². The molecule has 0 aliphatic heterocycles. The van der Waals surface area contributed by atoms with Gasteiger partial charge >= 0.3 is 5.97 Å². The van der Waals surface area contributed by atoms with E-state index >= 15 is 0 Å². The third-order valence-electron chi connectivity index (χ3n) is 1.14. The molecule has 0 unspecified atom stereocenters. The largest absolute Gasteiger partial charge is 0.427 e. The molecule has 0 saturated heterocycles. The van der Waals surface area contributed by atoms with Crippen LogP contribution in [-0.4, -0.2) is 5.97 Å². The highest BCUT2D eigenvalue weighted by Gasteiger charge is 1.95. The topological polar surface area (TPSA) is 52.3 Å². The molecule has 0 radical (unpaired) electrons. The van der Waals surface area contributed by atoms with Crippen molar-refractivity contribution in [3.05, 3.63) is 24.3 Å². The van der Waals surface area contributed by atoms with Gasteiger partial charge in [-0.25, -0.2) is 0 Å². The van der Waals surface area contributed by atoms with Gasteiger partial charge in [0.15, 0.2) is 0 Å². The van der Waals surface area contributed by atoms with Crippen molar-refractivity contribution in [2.24, 2.45) is 0 Å². The van der Waals surface area contributed by atoms with Gasteiger partial charge in [0.2, 0.25) is 0 Å². The minimum atomic E-state index is -0.324. The van der Waals surface area contributed by atoms with E-state index in [-0.39, 0.29) is 5.97 Å². The number of esters is 1. The molecule has 0 aromatic heterocycles. The molecule has 72 valence electrons. The summed E-state index contributed by atoms with van der Waals surface area (Å²) < 4.78 is 4.77. The van der Waals surface area contributed by atoms with Gasteiger partial charge in [0.05, 0.1) is 0 Å². The number of carbonyl (C=O) groups is 1. The van der Waals surface area contributed by atoms with E-state index in [2.05, 4.69) is 0 Å². The minimum absolute atomic E-state index is 0.324. The van der Waals surface area contributed by atoms with Gasteiger partial charge in [-0.2, -0.15) is 0 Å². The number of nitrogen functional groups attached to an aromatic ring is 1. The first-order valence-corrected chi connectivity index (χ1v) is 4.22. The molecular formula is C10H15NO2. The number of benzene rings is 1. The summed E-state index contributed by atoms with van der Waals surface area (Å²) in [5, 5.41) is 0. The normalized spacial score (nSPS) is 8.23. The van der Waals surface area contributed by atoms with Crippen LogP contribution in [0.4, 0.5) is 5.69 Å². The average molecular weight is 181 g/mol. The SMILES string of the molecule is CC.CC(=O)Oc1ccc(N)cc1. The van der Waals surface area contributed by atoms with Crippen LogP contribution in [0.5, 0.6) is 5.75 Å². The first kappa shape index (κ1) is 11.5. The number of ether oxygens (including phenoxy) is 1. The number of hydrogen-bond donors (Lipinski definition) is 1. The molecule has 3 heteroatoms. The summed E-state index contributed by atoms with van der Waals surface area (Å²) in [7, 11) is 0. The molecule has 0 saturated carbocycles. The van der Waals surface area contributed by atoms with Crippen molar-refractivity contribution in [3.63, 3.8) is 0 Å². The van der Waals surface area contributed by atoms with E-state index in [1.165, 1.54) is 6.92 Å². The summed E-state index contributed by atoms with van der Waals surface area (Å²) in [5.74, 6) is 0.196. The Kier molecular flexibility index (Phi) is 5.35. The fourth-order valence-electron chi connectivity index (χ4n) is 0.702. The Balaban J connectivity index is 0.000000671. The molecule has 0 amide bonds. The maximum atomic E-state index is 10.4. The zero-order valence-corrected chi connectivity index (χ0v) is 8.20. The lowest BCUT2D eigenvalue weighted by molar-refractivity contribution is -0.131. The monoisotopic (exact) mass is 181 g/mol. The van der Waals surface area contributed by atoms with Crippen molar-refractivity contribution in [2.45, 2.75) is 20.8 Å². The highest BCUT2D eigenvalue weighted by atomic mass is 16.5. The Morgan fingerprint density at radius 1 is 1.23 bits per heavy atom. The van der Waals surface area contributed by atoms with Crippen molar-refractivity contribution in [2.75, 3.05) is 5.73 Å². The van der Waals surface area contributed by atoms with E-state index in [1.54, 1.807) is 24.3 Å². The number of anilines is 1. The van der Waals surface area contributed by atoms with Crippen LogP contribution in [0.15, 0.2) is 24.3 Å². The third kappa shape index (κ3) is 4.85. The molecule has 0 spiro atoms. The lowest BCUT2D eigenvalue weighted by Crippen LogP contribution is -2.00. The van der Waals surface area contributed by atoms with E-state index in [9.17, 15) is 4.79 Å². The Hall–Kier alpha value is -1.51. The fraction of sp³-hybridized carbons (Fsp3) is 0.300. The van der Waals surface area contributed by atoms with Crippen LogP contribution in [0.1, 0.15) is 20.8 Å². The lowest BCUT2D eigenvalue weighted by atomic mass is 10.3. The minimum Gasteiger partial charge on any atom is -0.427 e. The summed E-state index contributed by atoms with van der Waals surface area (Å²) in [6.07, 6.45) is 0. The highest BCUT2D eigenvalue weighted by Crippen LogP contribution is 2.12. The van der Waals surface area contributed by atoms with Gasteiger partial charge in [-0.1, -0.05) is 13.8 Å². The number of rotatable bonds is 1. The molecule has 0 aliphatic rings. The fourth-order valence-corrected chi connectivity index (χ4v) is 0.702. The Bertz CT molecular complexity index is 254. The summed E-state index contributed by atoms with van der Waals surface area (Å²) in [5.41, 5.74) is 6.07. The van der Waals surface area contributed by atoms with E-state index in [4.69, 9.17) is 10.5 Å². The quantitative estimate of drug-likeness (QED) is 0.410. The number of carbonyl (C=O) groups excluding carboxylic acids is 1. The van der Waals surface area contributed by atoms with Crippen molar-refractivity contribution in [1.29, 1.82) is 0 Å². The van der Waals surface area contributed by atoms with Crippen LogP contribution in [0, 0.1) is 0 Å². The molecular weight excluding hydrogens is 166 g/mol. The van der Waals surface area contributed by atoms with Gasteiger partial charge in [0.25, 0.3) is 0 Å². The van der Waals surface area contributed by atoms with Crippen molar-refractivity contribution >= 4 is 11.7 Å². The van der Waals surface area contributed by atoms with Crippen LogP contribution >= 0.6 is 0 Å². The molecule has 1 aromatic rings. The van der Waals surface area contributed by atoms with Gasteiger partial charge < -0.3 is 10.5 Å². The molecule has 13 heavy (non-hydrogen) atoms. The highest BCUT2D eigenvalue weighted by molar-refractivity contribution is 5.69. The molecule has 2 N–H and O–H groups in total. The van der Waals surface area contributed by atoms with Crippen molar-refractivity contribution < 1.29 is 9.53 Å². The van der Waals surface area contributed by atoms with Crippen LogP contribution in [-0.2, 0) is 4.79 Å². The zero-order chi connectivity index (χ0) is 10.3. The molecule has 0 aliphatic carbocycles. The van der Waals surface area contributed by atoms with Crippen LogP contribution in [0.3, 0.4) is 0 Å². The Labute approximate surface area is 78.5 Å². The standard InChI is InChI=1S/C8H9NO2.C2H6/c1-6(10)11-8-4-2-7(9)3-5-8;1-2/h2-5H,9H2,1H3;1-2H3. The van der Waals surface area contributed by atoms with E-state index in [1.807, 2.05) is 13.8 Å². The Morgan fingerprint density at radius 3 is 2.08 bits per heavy atom. The molecule has 0 bridgehead atoms. The Morgan fingerprint density at radius 2 is 1.69 bits per heavy atom. The lowest BCUT2D eigenvalue weighted by Gasteiger charge is -1.99. The van der Waals surface area contributed by atoms with E-state index in [0.717, 1.165) is 0 Å². The zero-order valence-electron chi connectivity index (χ0n) is 8.20. The van der Waals surface area contributed by atoms with Crippen LogP contribution < -0.4 is 10.5 Å². The smallest absolute Gasteiger partial charge is 0.308 e. The molecule has 0 fully saturated rings. The van der Waals surface area contributed by atoms with Gasteiger partial charge in [-0.05, 0) is 24.3 Å². The van der Waals surface area contributed by atoms with Gasteiger partial charge in [0, 0.05) is 12.6 Å². The van der Waals surface area contributed by atoms with Gasteiger partial charge in [-0.15, -0.1) is 0 Å². The van der Waals surface area contributed by atoms with E-state index < -0.39 is 0 Å². The molecule has 1 aromatic carbocycles. The molecule has 3 nitrogen and oxygen atoms in total. The molecule has 0 heterocycles. The predicted octanol–water partition coefficient (Wildman–Crippen LogP) is 2.22. The van der Waals surface area contributed by atoms with Crippen molar-refractivity contribution in [3.8, 4) is 5.75 Å². The first-order chi connectivity index (χ1) is 6.18. The number of hydrogen-bond acceptors (Lipinski definition) is 3. The maximum Gasteiger partial charge on any atom is 0.308 e. The van der Waals surface area contributed by atoms with E-state index in [0.29, 0.717) is 11.4 Å². The molecule has 0 atom stereocenters. The summed E-state index contributed by atoms with van der Waals surface area (Å²) in [6, 6.07) is 6.66. The second-order valence-electron chi connectivity index (χ2n) is 2.16. The van der Waals surface area contributed by atoms with Crippen molar-refractivity contribution in [1.82, 2.24) is 0 Å². The summed E-state index contributed by atoms with van der Waals surface area (Å²) in [6.45, 7) is 5.36. The maximum absolute atomic E-state index is 10.4. The second kappa shape index (κ2) is 6.06. The summed E-state index contributed by atoms with van der Waals surface area (Å²) in [4.78, 5) is 10.4. The molecule has 1 rings (SSSR count). The average Bonchev–Trinajstić information content (AvgIpc) is 2.12. The second-order valence-corrected chi connectivity index (χ2v) is 2.16. The van der Waals surface area contributed by atoms with Gasteiger partial charge in [-0.3, -0.25) is 4.79 Å². The number of nitrogens with two attached hydrogens (primary N) is 1.